The minimum atomic E-state index is -0.160. The molecule has 6 heteroatoms. The molecule has 2 amide bonds. The highest BCUT2D eigenvalue weighted by Crippen LogP contribution is 2.23. The largest absolute Gasteiger partial charge is 0.484 e. The van der Waals surface area contributed by atoms with Crippen LogP contribution < -0.4 is 19.9 Å². The smallest absolute Gasteiger partial charge is 0.258 e. The van der Waals surface area contributed by atoms with Crippen LogP contribution >= 0.6 is 0 Å². The fraction of sp³-hybridized carbons (Fsp3) is 0.364. The second-order valence-electron chi connectivity index (χ2n) is 7.03. The molecule has 1 aliphatic heterocycles. The number of nitrogens with one attached hydrogen (secondary N) is 1. The van der Waals surface area contributed by atoms with Crippen molar-refractivity contribution in [2.75, 3.05) is 36.5 Å². The van der Waals surface area contributed by atoms with Gasteiger partial charge in [0.15, 0.2) is 6.61 Å². The van der Waals surface area contributed by atoms with Crippen LogP contribution in [0.15, 0.2) is 54.6 Å². The Morgan fingerprint density at radius 2 is 1.89 bits per heavy atom. The number of para-hydroxylation sites is 1. The van der Waals surface area contributed by atoms with E-state index in [2.05, 4.69) is 17.1 Å². The molecular formula is C22H27N3O3. The van der Waals surface area contributed by atoms with Crippen molar-refractivity contribution in [3.8, 4) is 5.75 Å². The van der Waals surface area contributed by atoms with E-state index in [1.54, 1.807) is 17.0 Å². The molecule has 2 aromatic carbocycles. The Hall–Kier alpha value is -3.02. The Bertz CT molecular complexity index is 792. The van der Waals surface area contributed by atoms with E-state index >= 15 is 0 Å². The Morgan fingerprint density at radius 1 is 1.18 bits per heavy atom. The molecule has 6 nitrogen and oxygen atoms in total. The Morgan fingerprint density at radius 3 is 2.54 bits per heavy atom. The van der Waals surface area contributed by atoms with Crippen molar-refractivity contribution in [3.05, 3.63) is 54.6 Å². The lowest BCUT2D eigenvalue weighted by Crippen LogP contribution is -2.41. The van der Waals surface area contributed by atoms with Gasteiger partial charge in [0.25, 0.3) is 5.91 Å². The minimum Gasteiger partial charge on any atom is -0.484 e. The third-order valence-corrected chi connectivity index (χ3v) is 5.01. The quantitative estimate of drug-likeness (QED) is 0.764. The summed E-state index contributed by atoms with van der Waals surface area (Å²) in [7, 11) is 2.01. The maximum absolute atomic E-state index is 12.1. The second kappa shape index (κ2) is 9.26. The number of benzene rings is 2. The first-order valence-electron chi connectivity index (χ1n) is 9.62. The first-order chi connectivity index (χ1) is 13.5. The SMILES string of the molecule is CC(CNC(=O)COc1ccc(N2CCCC2=O)cc1)N(C)c1ccccc1. The minimum absolute atomic E-state index is 0.0379. The predicted octanol–water partition coefficient (Wildman–Crippen LogP) is 2.83. The molecule has 148 valence electrons. The van der Waals surface area contributed by atoms with E-state index in [9.17, 15) is 9.59 Å². The van der Waals surface area contributed by atoms with Crippen LogP contribution in [0.3, 0.4) is 0 Å². The van der Waals surface area contributed by atoms with Crippen molar-refractivity contribution in [1.82, 2.24) is 5.32 Å². The molecule has 1 saturated heterocycles. The maximum Gasteiger partial charge on any atom is 0.258 e. The number of nitrogens with zero attached hydrogens (tertiary/aromatic N) is 2. The number of ether oxygens (including phenoxy) is 1. The average Bonchev–Trinajstić information content (AvgIpc) is 3.16. The van der Waals surface area contributed by atoms with Crippen LogP contribution in [0.5, 0.6) is 5.75 Å². The molecule has 1 atom stereocenters. The summed E-state index contributed by atoms with van der Waals surface area (Å²) in [5.74, 6) is 0.606. The lowest BCUT2D eigenvalue weighted by molar-refractivity contribution is -0.123. The third-order valence-electron chi connectivity index (χ3n) is 5.01. The van der Waals surface area contributed by atoms with Crippen LogP contribution in [0, 0.1) is 0 Å². The highest BCUT2D eigenvalue weighted by molar-refractivity contribution is 5.95. The Kier molecular flexibility index (Phi) is 6.53. The molecule has 0 spiro atoms. The summed E-state index contributed by atoms with van der Waals surface area (Å²) in [4.78, 5) is 27.8. The highest BCUT2D eigenvalue weighted by atomic mass is 16.5. The van der Waals surface area contributed by atoms with Gasteiger partial charge in [-0.25, -0.2) is 0 Å². The first-order valence-corrected chi connectivity index (χ1v) is 9.62. The van der Waals surface area contributed by atoms with Gasteiger partial charge in [0.2, 0.25) is 5.91 Å². The molecule has 3 rings (SSSR count). The van der Waals surface area contributed by atoms with Crippen LogP contribution in [0.4, 0.5) is 11.4 Å². The fourth-order valence-electron chi connectivity index (χ4n) is 3.16. The van der Waals surface area contributed by atoms with Gasteiger partial charge in [0, 0.05) is 44.0 Å². The summed E-state index contributed by atoms with van der Waals surface area (Å²) >= 11 is 0. The molecule has 0 aromatic heterocycles. The van der Waals surface area contributed by atoms with E-state index in [-0.39, 0.29) is 24.5 Å². The summed E-state index contributed by atoms with van der Waals surface area (Å²) in [6.45, 7) is 3.32. The monoisotopic (exact) mass is 381 g/mol. The molecule has 1 N–H and O–H groups in total. The van der Waals surface area contributed by atoms with Gasteiger partial charge >= 0.3 is 0 Å². The normalized spacial score (nSPS) is 14.6. The maximum atomic E-state index is 12.1. The standard InChI is InChI=1S/C22H27N3O3/c1-17(24(2)18-7-4-3-5-8-18)15-23-21(26)16-28-20-12-10-19(11-13-20)25-14-6-9-22(25)27/h3-5,7-8,10-13,17H,6,9,14-16H2,1-2H3,(H,23,26). The summed E-state index contributed by atoms with van der Waals surface area (Å²) in [5, 5.41) is 2.91. The van der Waals surface area contributed by atoms with Crippen LogP contribution in [-0.4, -0.2) is 44.6 Å². The first kappa shape index (κ1) is 19.7. The lowest BCUT2D eigenvalue weighted by Gasteiger charge is -2.27. The van der Waals surface area contributed by atoms with Crippen LogP contribution in [0.25, 0.3) is 0 Å². The van der Waals surface area contributed by atoms with Crippen molar-refractivity contribution in [3.63, 3.8) is 0 Å². The van der Waals surface area contributed by atoms with E-state index < -0.39 is 0 Å². The molecule has 0 bridgehead atoms. The predicted molar refractivity (Wildman–Crippen MR) is 111 cm³/mol. The van der Waals surface area contributed by atoms with Gasteiger partial charge in [-0.05, 0) is 49.7 Å². The second-order valence-corrected chi connectivity index (χ2v) is 7.03. The van der Waals surface area contributed by atoms with E-state index in [1.165, 1.54) is 0 Å². The fourth-order valence-corrected chi connectivity index (χ4v) is 3.16. The van der Waals surface area contributed by atoms with Crippen molar-refractivity contribution in [1.29, 1.82) is 0 Å². The number of hydrogen-bond donors (Lipinski definition) is 1. The molecular weight excluding hydrogens is 354 g/mol. The third kappa shape index (κ3) is 5.03. The van der Waals surface area contributed by atoms with Gasteiger partial charge in [0.05, 0.1) is 0 Å². The Labute approximate surface area is 166 Å². The van der Waals surface area contributed by atoms with Crippen molar-refractivity contribution < 1.29 is 14.3 Å². The van der Waals surface area contributed by atoms with Gasteiger partial charge in [-0.15, -0.1) is 0 Å². The zero-order chi connectivity index (χ0) is 19.9. The number of likely N-dealkylation sites (N-methyl/N-ethyl adjacent to an activating group) is 1. The molecule has 28 heavy (non-hydrogen) atoms. The van der Waals surface area contributed by atoms with Crippen molar-refractivity contribution >= 4 is 23.2 Å². The van der Waals surface area contributed by atoms with Crippen LogP contribution in [0.1, 0.15) is 19.8 Å². The molecule has 1 unspecified atom stereocenters. The summed E-state index contributed by atoms with van der Waals surface area (Å²) in [6, 6.07) is 17.5. The van der Waals surface area contributed by atoms with Crippen molar-refractivity contribution in [2.24, 2.45) is 0 Å². The van der Waals surface area contributed by atoms with Gasteiger partial charge in [-0.1, -0.05) is 18.2 Å². The summed E-state index contributed by atoms with van der Waals surface area (Å²) < 4.78 is 5.56. The molecule has 1 aliphatic rings. The van der Waals surface area contributed by atoms with Crippen LogP contribution in [-0.2, 0) is 9.59 Å². The van der Waals surface area contributed by atoms with Gasteiger partial charge in [-0.3, -0.25) is 9.59 Å². The van der Waals surface area contributed by atoms with Crippen molar-refractivity contribution in [2.45, 2.75) is 25.8 Å². The lowest BCUT2D eigenvalue weighted by atomic mass is 10.2. The number of amides is 2. The summed E-state index contributed by atoms with van der Waals surface area (Å²) in [6.07, 6.45) is 1.51. The summed E-state index contributed by atoms with van der Waals surface area (Å²) in [5.41, 5.74) is 1.98. The van der Waals surface area contributed by atoms with Gasteiger partial charge in [0.1, 0.15) is 5.75 Å². The number of carbonyl (C=O) groups excluding carboxylic acids is 2. The van der Waals surface area contributed by atoms with E-state index in [1.807, 2.05) is 49.5 Å². The number of rotatable bonds is 8. The molecule has 0 aliphatic carbocycles. The van der Waals surface area contributed by atoms with Gasteiger partial charge in [-0.2, -0.15) is 0 Å². The highest BCUT2D eigenvalue weighted by Gasteiger charge is 2.21. The molecule has 1 heterocycles. The number of anilines is 2. The average molecular weight is 381 g/mol. The van der Waals surface area contributed by atoms with Gasteiger partial charge < -0.3 is 19.9 Å². The number of carbonyl (C=O) groups is 2. The van der Waals surface area contributed by atoms with E-state index in [0.29, 0.717) is 18.7 Å². The number of hydrogen-bond acceptors (Lipinski definition) is 4. The zero-order valence-corrected chi connectivity index (χ0v) is 16.4. The molecule has 0 saturated carbocycles. The molecule has 2 aromatic rings. The van der Waals surface area contributed by atoms with E-state index in [4.69, 9.17) is 4.74 Å². The van der Waals surface area contributed by atoms with Crippen LogP contribution in [0.2, 0.25) is 0 Å². The zero-order valence-electron chi connectivity index (χ0n) is 16.4. The van der Waals surface area contributed by atoms with E-state index in [0.717, 1.165) is 24.3 Å². The molecule has 1 fully saturated rings. The molecule has 0 radical (unpaired) electrons. The Balaban J connectivity index is 1.42. The topological polar surface area (TPSA) is 61.9 Å².